The molecule has 0 fully saturated rings. The summed E-state index contributed by atoms with van der Waals surface area (Å²) in [5, 5.41) is 6.38. The van der Waals surface area contributed by atoms with Crippen LogP contribution in [0.2, 0.25) is 5.02 Å². The third-order valence-corrected chi connectivity index (χ3v) is 2.32. The first-order valence-corrected chi connectivity index (χ1v) is 4.81. The number of nitrogens with one attached hydrogen (secondary N) is 1. The molecule has 1 aromatic heterocycles. The number of carbonyl (C=O) groups is 1. The fourth-order valence-electron chi connectivity index (χ4n) is 1.20. The van der Waals surface area contributed by atoms with E-state index in [0.717, 1.165) is 0 Å². The van der Waals surface area contributed by atoms with Crippen molar-refractivity contribution < 1.29 is 9.32 Å². The second kappa shape index (κ2) is 4.24. The fourth-order valence-corrected chi connectivity index (χ4v) is 1.37. The second-order valence-electron chi connectivity index (χ2n) is 3.07. The van der Waals surface area contributed by atoms with Gasteiger partial charge in [-0.2, -0.15) is 0 Å². The average Bonchev–Trinajstić information content (AvgIpc) is 2.74. The monoisotopic (exact) mass is 237 g/mol. The van der Waals surface area contributed by atoms with E-state index in [1.165, 1.54) is 12.5 Å². The number of amides is 1. The molecule has 1 heterocycles. The van der Waals surface area contributed by atoms with Crippen molar-refractivity contribution >= 4 is 28.9 Å². The van der Waals surface area contributed by atoms with Gasteiger partial charge in [-0.25, -0.2) is 0 Å². The van der Waals surface area contributed by atoms with Gasteiger partial charge in [0.2, 0.25) is 0 Å². The van der Waals surface area contributed by atoms with Gasteiger partial charge < -0.3 is 15.6 Å². The second-order valence-corrected chi connectivity index (χ2v) is 3.48. The van der Waals surface area contributed by atoms with Gasteiger partial charge in [-0.05, 0) is 12.1 Å². The van der Waals surface area contributed by atoms with Crippen molar-refractivity contribution in [2.75, 3.05) is 11.1 Å². The molecule has 0 spiro atoms. The molecule has 0 bridgehead atoms. The van der Waals surface area contributed by atoms with Crippen molar-refractivity contribution in [1.29, 1.82) is 0 Å². The molecule has 0 aliphatic rings. The number of hydrogen-bond donors (Lipinski definition) is 2. The van der Waals surface area contributed by atoms with Crippen molar-refractivity contribution in [3.8, 4) is 0 Å². The molecule has 3 N–H and O–H groups in total. The molecule has 0 saturated carbocycles. The van der Waals surface area contributed by atoms with Crippen LogP contribution in [0.5, 0.6) is 0 Å². The zero-order valence-corrected chi connectivity index (χ0v) is 8.86. The van der Waals surface area contributed by atoms with Crippen molar-refractivity contribution in [3.05, 3.63) is 41.2 Å². The zero-order valence-electron chi connectivity index (χ0n) is 8.11. The maximum Gasteiger partial charge on any atom is 0.257 e. The third-order valence-electron chi connectivity index (χ3n) is 1.99. The highest BCUT2D eigenvalue weighted by Gasteiger charge is 2.12. The van der Waals surface area contributed by atoms with Crippen LogP contribution in [0.1, 0.15) is 10.4 Å². The van der Waals surface area contributed by atoms with Crippen molar-refractivity contribution in [2.24, 2.45) is 0 Å². The topological polar surface area (TPSA) is 81.2 Å². The predicted octanol–water partition coefficient (Wildman–Crippen LogP) is 2.16. The number of nitrogens with two attached hydrogens (primary N) is 1. The van der Waals surface area contributed by atoms with Gasteiger partial charge in [-0.15, -0.1) is 0 Å². The molecule has 0 saturated heterocycles. The van der Waals surface area contributed by atoms with Crippen LogP contribution in [0.3, 0.4) is 0 Å². The van der Waals surface area contributed by atoms with Gasteiger partial charge >= 0.3 is 0 Å². The van der Waals surface area contributed by atoms with Gasteiger partial charge in [0.15, 0.2) is 0 Å². The summed E-state index contributed by atoms with van der Waals surface area (Å²) >= 11 is 5.80. The third kappa shape index (κ3) is 1.99. The number of halogens is 1. The van der Waals surface area contributed by atoms with E-state index in [1.807, 2.05) is 0 Å². The molecule has 0 aliphatic carbocycles. The van der Waals surface area contributed by atoms with E-state index >= 15 is 0 Å². The smallest absolute Gasteiger partial charge is 0.257 e. The predicted molar refractivity (Wildman–Crippen MR) is 60.3 cm³/mol. The Balaban J connectivity index is 2.24. The van der Waals surface area contributed by atoms with Crippen molar-refractivity contribution in [3.63, 3.8) is 0 Å². The highest BCUT2D eigenvalue weighted by molar-refractivity contribution is 6.34. The minimum Gasteiger partial charge on any atom is -0.397 e. The van der Waals surface area contributed by atoms with E-state index in [4.69, 9.17) is 17.3 Å². The minimum atomic E-state index is -0.358. The molecule has 82 valence electrons. The minimum absolute atomic E-state index is 0.248. The molecule has 0 aliphatic heterocycles. The molecule has 6 heteroatoms. The normalized spacial score (nSPS) is 10.1. The van der Waals surface area contributed by atoms with E-state index in [0.29, 0.717) is 16.3 Å². The molecule has 1 aromatic carbocycles. The first kappa shape index (κ1) is 10.5. The molecule has 16 heavy (non-hydrogen) atoms. The van der Waals surface area contributed by atoms with Crippen LogP contribution in [0, 0.1) is 0 Å². The number of rotatable bonds is 2. The van der Waals surface area contributed by atoms with Crippen LogP contribution in [0.15, 0.2) is 35.2 Å². The first-order valence-electron chi connectivity index (χ1n) is 4.43. The lowest BCUT2D eigenvalue weighted by atomic mass is 10.1. The largest absolute Gasteiger partial charge is 0.397 e. The highest BCUT2D eigenvalue weighted by atomic mass is 35.5. The van der Waals surface area contributed by atoms with Crippen LogP contribution in [-0.2, 0) is 0 Å². The Morgan fingerprint density at radius 1 is 1.50 bits per heavy atom. The Labute approximate surface area is 96.2 Å². The van der Waals surface area contributed by atoms with Gasteiger partial charge in [0, 0.05) is 0 Å². The molecular formula is C10H8ClN3O2. The number of nitrogen functional groups attached to an aromatic ring is 1. The fraction of sp³-hybridized carbons (Fsp3) is 0. The van der Waals surface area contributed by atoms with E-state index < -0.39 is 0 Å². The molecular weight excluding hydrogens is 230 g/mol. The zero-order chi connectivity index (χ0) is 11.5. The summed E-state index contributed by atoms with van der Waals surface area (Å²) in [6.45, 7) is 0. The summed E-state index contributed by atoms with van der Waals surface area (Å²) in [6.07, 6.45) is 2.71. The number of hydrogen-bond acceptors (Lipinski definition) is 4. The molecule has 5 nitrogen and oxygen atoms in total. The number of aromatic nitrogens is 1. The van der Waals surface area contributed by atoms with E-state index in [9.17, 15) is 4.79 Å². The first-order chi connectivity index (χ1) is 7.68. The lowest BCUT2D eigenvalue weighted by Crippen LogP contribution is -2.13. The molecule has 0 atom stereocenters. The van der Waals surface area contributed by atoms with E-state index in [2.05, 4.69) is 15.0 Å². The summed E-state index contributed by atoms with van der Waals surface area (Å²) in [5.74, 6) is -0.358. The van der Waals surface area contributed by atoms with Crippen LogP contribution >= 0.6 is 11.6 Å². The van der Waals surface area contributed by atoms with Crippen LogP contribution in [0.4, 0.5) is 11.4 Å². The number of carbonyl (C=O) groups excluding carboxylic acids is 1. The molecule has 2 rings (SSSR count). The van der Waals surface area contributed by atoms with Crippen molar-refractivity contribution in [1.82, 2.24) is 5.16 Å². The van der Waals surface area contributed by atoms with Gasteiger partial charge in [0.05, 0.1) is 22.5 Å². The molecule has 0 radical (unpaired) electrons. The Kier molecular flexibility index (Phi) is 2.78. The Morgan fingerprint density at radius 2 is 2.31 bits per heavy atom. The number of nitrogens with zero attached hydrogens (tertiary/aromatic N) is 1. The Hall–Kier alpha value is -2.01. The molecule has 1 amide bonds. The summed E-state index contributed by atoms with van der Waals surface area (Å²) in [4.78, 5) is 11.8. The summed E-state index contributed by atoms with van der Waals surface area (Å²) in [5.41, 5.74) is 6.70. The quantitative estimate of drug-likeness (QED) is 0.785. The van der Waals surface area contributed by atoms with E-state index in [-0.39, 0.29) is 11.6 Å². The molecule has 0 unspecified atom stereocenters. The number of anilines is 2. The van der Waals surface area contributed by atoms with Crippen LogP contribution < -0.4 is 11.1 Å². The Bertz CT molecular complexity index is 511. The standard InChI is InChI=1S/C10H8ClN3O2/c11-8-3-1-2-7(9(8)12)10(15)14-6-4-13-16-5-6/h1-5H,12H2,(H,14,15). The number of para-hydroxylation sites is 1. The van der Waals surface area contributed by atoms with Gasteiger partial charge in [-0.3, -0.25) is 4.79 Å². The van der Waals surface area contributed by atoms with Gasteiger partial charge in [-0.1, -0.05) is 22.8 Å². The maximum absolute atomic E-state index is 11.8. The molecule has 2 aromatic rings. The lowest BCUT2D eigenvalue weighted by molar-refractivity contribution is 0.102. The lowest BCUT2D eigenvalue weighted by Gasteiger charge is -2.06. The van der Waals surface area contributed by atoms with Crippen LogP contribution in [0.25, 0.3) is 0 Å². The maximum atomic E-state index is 11.8. The average molecular weight is 238 g/mol. The van der Waals surface area contributed by atoms with Gasteiger partial charge in [0.25, 0.3) is 5.91 Å². The number of benzene rings is 1. The van der Waals surface area contributed by atoms with Crippen LogP contribution in [-0.4, -0.2) is 11.1 Å². The SMILES string of the molecule is Nc1c(Cl)cccc1C(=O)Nc1cnoc1. The summed E-state index contributed by atoms with van der Waals surface area (Å²) in [6, 6.07) is 4.86. The highest BCUT2D eigenvalue weighted by Crippen LogP contribution is 2.23. The Morgan fingerprint density at radius 3 is 3.00 bits per heavy atom. The summed E-state index contributed by atoms with van der Waals surface area (Å²) in [7, 11) is 0. The van der Waals surface area contributed by atoms with E-state index in [1.54, 1.807) is 18.2 Å². The van der Waals surface area contributed by atoms with Crippen molar-refractivity contribution in [2.45, 2.75) is 0 Å². The summed E-state index contributed by atoms with van der Waals surface area (Å²) < 4.78 is 4.58. The van der Waals surface area contributed by atoms with Gasteiger partial charge in [0.1, 0.15) is 12.0 Å².